The third kappa shape index (κ3) is 4.17. The molecule has 2 aromatic heterocycles. The monoisotopic (exact) mass is 478 g/mol. The molecule has 180 valence electrons. The number of aromatic nitrogens is 3. The summed E-state index contributed by atoms with van der Waals surface area (Å²) in [5.41, 5.74) is 3.37. The number of benzene rings is 1. The second-order valence-corrected chi connectivity index (χ2v) is 11.1. The average Bonchev–Trinajstić information content (AvgIpc) is 3.66. The number of hydrogen-bond donors (Lipinski definition) is 1. The normalized spacial score (nSPS) is 20.0. The molecule has 0 spiro atoms. The molecule has 1 amide bonds. The zero-order valence-corrected chi connectivity index (χ0v) is 20.8. The highest BCUT2D eigenvalue weighted by molar-refractivity contribution is 7.20. The van der Waals surface area contributed by atoms with Gasteiger partial charge in [0.15, 0.2) is 5.82 Å². The van der Waals surface area contributed by atoms with Gasteiger partial charge in [-0.1, -0.05) is 66.8 Å². The first kappa shape index (κ1) is 21.9. The molecule has 1 aliphatic heterocycles. The predicted molar refractivity (Wildman–Crippen MR) is 138 cm³/mol. The highest BCUT2D eigenvalue weighted by atomic mass is 32.1. The van der Waals surface area contributed by atoms with Crippen molar-refractivity contribution >= 4 is 33.2 Å². The van der Waals surface area contributed by atoms with Crippen LogP contribution in [0.15, 0.2) is 24.3 Å². The Kier molecular flexibility index (Phi) is 5.93. The highest BCUT2D eigenvalue weighted by Crippen LogP contribution is 2.36. The SMILES string of the molecule is Cc1ccc(-c2nc3sc(N4CCN(C(=O)C5CCCC5)CC4)nn3c2NC2CCCC2)cc1. The number of anilines is 2. The molecule has 3 heterocycles. The van der Waals surface area contributed by atoms with Gasteiger partial charge in [0.25, 0.3) is 0 Å². The molecule has 2 aliphatic carbocycles. The Hall–Kier alpha value is -2.61. The summed E-state index contributed by atoms with van der Waals surface area (Å²) in [5.74, 6) is 1.65. The smallest absolute Gasteiger partial charge is 0.225 e. The number of amides is 1. The van der Waals surface area contributed by atoms with E-state index in [9.17, 15) is 4.79 Å². The zero-order valence-electron chi connectivity index (χ0n) is 20.0. The highest BCUT2D eigenvalue weighted by Gasteiger charge is 2.31. The predicted octanol–water partition coefficient (Wildman–Crippen LogP) is 4.96. The first-order valence-corrected chi connectivity index (χ1v) is 13.7. The Balaban J connectivity index is 1.24. The Morgan fingerprint density at radius 1 is 0.971 bits per heavy atom. The first-order chi connectivity index (χ1) is 16.7. The maximum absolute atomic E-state index is 12.8. The van der Waals surface area contributed by atoms with Crippen molar-refractivity contribution in [1.82, 2.24) is 19.5 Å². The molecule has 8 heteroatoms. The van der Waals surface area contributed by atoms with E-state index >= 15 is 0 Å². The van der Waals surface area contributed by atoms with Crippen LogP contribution in [0.2, 0.25) is 0 Å². The largest absolute Gasteiger partial charge is 0.365 e. The summed E-state index contributed by atoms with van der Waals surface area (Å²) in [7, 11) is 0. The molecular formula is C26H34N6OS. The van der Waals surface area contributed by atoms with Crippen LogP contribution in [-0.4, -0.2) is 57.6 Å². The number of hydrogen-bond acceptors (Lipinski definition) is 6. The van der Waals surface area contributed by atoms with E-state index < -0.39 is 0 Å². The van der Waals surface area contributed by atoms with Gasteiger partial charge in [-0.05, 0) is 32.6 Å². The summed E-state index contributed by atoms with van der Waals surface area (Å²) in [5, 5.41) is 9.81. The minimum absolute atomic E-state index is 0.263. The molecule has 7 nitrogen and oxygen atoms in total. The van der Waals surface area contributed by atoms with Crippen molar-refractivity contribution in [3.63, 3.8) is 0 Å². The average molecular weight is 479 g/mol. The van der Waals surface area contributed by atoms with Crippen molar-refractivity contribution in [1.29, 1.82) is 0 Å². The Morgan fingerprint density at radius 2 is 1.65 bits per heavy atom. The maximum atomic E-state index is 12.8. The number of rotatable bonds is 5. The van der Waals surface area contributed by atoms with Gasteiger partial charge in [-0.2, -0.15) is 4.52 Å². The van der Waals surface area contributed by atoms with Gasteiger partial charge in [-0.15, -0.1) is 5.10 Å². The van der Waals surface area contributed by atoms with Gasteiger partial charge >= 0.3 is 0 Å². The fraction of sp³-hybridized carbons (Fsp3) is 0.577. The van der Waals surface area contributed by atoms with Gasteiger partial charge in [0, 0.05) is 43.7 Å². The van der Waals surface area contributed by atoms with Crippen molar-refractivity contribution in [2.75, 3.05) is 36.4 Å². The minimum Gasteiger partial charge on any atom is -0.365 e. The summed E-state index contributed by atoms with van der Waals surface area (Å²) < 4.78 is 2.02. The lowest BCUT2D eigenvalue weighted by atomic mass is 10.1. The zero-order chi connectivity index (χ0) is 23.1. The standard InChI is InChI=1S/C26H34N6OS/c1-18-10-12-19(13-11-18)22-23(27-21-8-4-5-9-21)32-25(28-22)34-26(29-32)31-16-14-30(15-17-31)24(33)20-6-2-3-7-20/h10-13,20-21,27H,2-9,14-17H2,1H3. The molecule has 1 saturated heterocycles. The number of piperazine rings is 1. The van der Waals surface area contributed by atoms with Gasteiger partial charge in [0.1, 0.15) is 5.69 Å². The first-order valence-electron chi connectivity index (χ1n) is 12.9. The Bertz CT molecular complexity index is 1150. The molecule has 3 aromatic rings. The van der Waals surface area contributed by atoms with Crippen LogP contribution in [0.5, 0.6) is 0 Å². The van der Waals surface area contributed by atoms with Crippen molar-refractivity contribution in [3.8, 4) is 11.3 Å². The molecule has 0 radical (unpaired) electrons. The number of carbonyl (C=O) groups is 1. The van der Waals surface area contributed by atoms with Crippen molar-refractivity contribution in [3.05, 3.63) is 29.8 Å². The molecular weight excluding hydrogens is 444 g/mol. The van der Waals surface area contributed by atoms with Crippen LogP contribution < -0.4 is 10.2 Å². The topological polar surface area (TPSA) is 65.8 Å². The summed E-state index contributed by atoms with van der Waals surface area (Å²) >= 11 is 1.65. The fourth-order valence-corrected chi connectivity index (χ4v) is 6.67. The quantitative estimate of drug-likeness (QED) is 0.562. The van der Waals surface area contributed by atoms with E-state index in [0.717, 1.165) is 66.2 Å². The number of nitrogens with zero attached hydrogens (tertiary/aromatic N) is 5. The van der Waals surface area contributed by atoms with E-state index in [2.05, 4.69) is 46.3 Å². The van der Waals surface area contributed by atoms with E-state index in [1.165, 1.54) is 44.1 Å². The molecule has 6 rings (SSSR count). The van der Waals surface area contributed by atoms with Gasteiger partial charge in [-0.3, -0.25) is 4.79 Å². The third-order valence-corrected chi connectivity index (χ3v) is 8.75. The lowest BCUT2D eigenvalue weighted by Gasteiger charge is -2.35. The molecule has 3 fully saturated rings. The minimum atomic E-state index is 0.263. The van der Waals surface area contributed by atoms with E-state index in [0.29, 0.717) is 11.9 Å². The fourth-order valence-electron chi connectivity index (χ4n) is 5.72. The summed E-state index contributed by atoms with van der Waals surface area (Å²) in [6.07, 6.45) is 9.53. The van der Waals surface area contributed by atoms with E-state index in [1.807, 2.05) is 4.52 Å². The lowest BCUT2D eigenvalue weighted by molar-refractivity contribution is -0.135. The Morgan fingerprint density at radius 3 is 2.35 bits per heavy atom. The number of aryl methyl sites for hydroxylation is 1. The van der Waals surface area contributed by atoms with Gasteiger partial charge < -0.3 is 15.1 Å². The number of carbonyl (C=O) groups excluding carboxylic acids is 1. The van der Waals surface area contributed by atoms with Crippen LogP contribution in [0, 0.1) is 12.8 Å². The third-order valence-electron chi connectivity index (χ3n) is 7.78. The van der Waals surface area contributed by atoms with Crippen LogP contribution in [0.4, 0.5) is 10.9 Å². The van der Waals surface area contributed by atoms with Crippen molar-refractivity contribution in [2.24, 2.45) is 5.92 Å². The molecule has 1 N–H and O–H groups in total. The maximum Gasteiger partial charge on any atom is 0.225 e. The van der Waals surface area contributed by atoms with Gasteiger partial charge in [0.2, 0.25) is 16.0 Å². The summed E-state index contributed by atoms with van der Waals surface area (Å²) in [4.78, 5) is 23.2. The van der Waals surface area contributed by atoms with Crippen LogP contribution in [0.3, 0.4) is 0 Å². The second-order valence-electron chi connectivity index (χ2n) is 10.2. The van der Waals surface area contributed by atoms with Gasteiger partial charge in [0.05, 0.1) is 0 Å². The molecule has 3 aliphatic rings. The molecule has 1 aromatic carbocycles. The second kappa shape index (κ2) is 9.21. The lowest BCUT2D eigenvalue weighted by Crippen LogP contribution is -2.50. The van der Waals surface area contributed by atoms with E-state index in [4.69, 9.17) is 10.1 Å². The summed E-state index contributed by atoms with van der Waals surface area (Å²) in [6.45, 7) is 5.37. The molecule has 34 heavy (non-hydrogen) atoms. The molecule has 2 saturated carbocycles. The summed E-state index contributed by atoms with van der Waals surface area (Å²) in [6, 6.07) is 9.09. The Labute approximate surface area is 205 Å². The van der Waals surface area contributed by atoms with Gasteiger partial charge in [-0.25, -0.2) is 4.98 Å². The van der Waals surface area contributed by atoms with Crippen molar-refractivity contribution < 1.29 is 4.79 Å². The van der Waals surface area contributed by atoms with Crippen LogP contribution in [0.25, 0.3) is 16.2 Å². The number of imidazole rings is 1. The van der Waals surface area contributed by atoms with Crippen molar-refractivity contribution in [2.45, 2.75) is 64.3 Å². The van der Waals surface area contributed by atoms with E-state index in [-0.39, 0.29) is 5.92 Å². The molecule has 0 unspecified atom stereocenters. The number of fused-ring (bicyclic) bond motifs is 1. The van der Waals surface area contributed by atoms with Crippen LogP contribution in [-0.2, 0) is 4.79 Å². The number of nitrogens with one attached hydrogen (secondary N) is 1. The molecule has 0 atom stereocenters. The van der Waals surface area contributed by atoms with Crippen LogP contribution in [0.1, 0.15) is 56.9 Å². The van der Waals surface area contributed by atoms with Crippen LogP contribution >= 0.6 is 11.3 Å². The molecule has 0 bridgehead atoms. The van der Waals surface area contributed by atoms with E-state index in [1.54, 1.807) is 11.3 Å².